The van der Waals surface area contributed by atoms with Crippen molar-refractivity contribution in [2.45, 2.75) is 67.0 Å². The van der Waals surface area contributed by atoms with E-state index < -0.39 is 0 Å². The molecule has 0 saturated carbocycles. The summed E-state index contributed by atoms with van der Waals surface area (Å²) in [5, 5.41) is 0. The van der Waals surface area contributed by atoms with Gasteiger partial charge in [0.15, 0.2) is 0 Å². The monoisotopic (exact) mass is 461 g/mol. The molecule has 0 amide bonds. The first-order chi connectivity index (χ1) is 16.9. The third kappa shape index (κ3) is 10.2. The molecule has 0 aliphatic carbocycles. The highest BCUT2D eigenvalue weighted by molar-refractivity contribution is 5.29. The van der Waals surface area contributed by atoms with Crippen LogP contribution in [0.3, 0.4) is 0 Å². The summed E-state index contributed by atoms with van der Waals surface area (Å²) in [5.41, 5.74) is 3.87. The van der Waals surface area contributed by atoms with Crippen LogP contribution in [0.15, 0.2) is 91.0 Å². The molecular formula is C32H47NO. The fraction of sp³-hybridized carbons (Fsp3) is 0.438. The Morgan fingerprint density at radius 3 is 1.50 bits per heavy atom. The predicted molar refractivity (Wildman–Crippen MR) is 149 cm³/mol. The summed E-state index contributed by atoms with van der Waals surface area (Å²) in [5.74, 6) is 0.641. The highest BCUT2D eigenvalue weighted by Crippen LogP contribution is 2.28. The van der Waals surface area contributed by atoms with Gasteiger partial charge in [-0.3, -0.25) is 4.90 Å². The second kappa shape index (κ2) is 18.9. The lowest BCUT2D eigenvalue weighted by atomic mass is 9.96. The van der Waals surface area contributed by atoms with Crippen LogP contribution in [0.1, 0.15) is 77.2 Å². The molecule has 1 aliphatic heterocycles. The van der Waals surface area contributed by atoms with Crippen LogP contribution < -0.4 is 0 Å². The largest absolute Gasteiger partial charge is 0.368 e. The summed E-state index contributed by atoms with van der Waals surface area (Å²) in [7, 11) is 0. The quantitative estimate of drug-likeness (QED) is 0.348. The van der Waals surface area contributed by atoms with Crippen molar-refractivity contribution in [3.8, 4) is 0 Å². The molecular weight excluding hydrogens is 414 g/mol. The number of piperidine rings is 1. The van der Waals surface area contributed by atoms with Gasteiger partial charge in [0.25, 0.3) is 0 Å². The Morgan fingerprint density at radius 2 is 1.06 bits per heavy atom. The van der Waals surface area contributed by atoms with Crippen LogP contribution in [0.5, 0.6) is 0 Å². The van der Waals surface area contributed by atoms with E-state index in [0.717, 1.165) is 26.2 Å². The standard InChI is InChI=1S/C26H29NO.3C2H6/c1-4-10-22(11-5-1)20-27-18-16-23(17-19-27)21-28-26(24-12-6-2-7-13-24)25-14-8-3-9-15-25;3*1-2/h1-15,23,26H,16-21H2;3*1-2H3. The molecule has 2 heteroatoms. The smallest absolute Gasteiger partial charge is 0.108 e. The topological polar surface area (TPSA) is 12.5 Å². The van der Waals surface area contributed by atoms with Gasteiger partial charge in [-0.1, -0.05) is 133 Å². The molecule has 4 rings (SSSR count). The van der Waals surface area contributed by atoms with Crippen LogP contribution in [-0.2, 0) is 11.3 Å². The summed E-state index contributed by atoms with van der Waals surface area (Å²) in [6.45, 7) is 16.2. The van der Waals surface area contributed by atoms with Gasteiger partial charge in [0.05, 0.1) is 6.61 Å². The van der Waals surface area contributed by atoms with E-state index in [0.29, 0.717) is 5.92 Å². The Labute approximate surface area is 210 Å². The van der Waals surface area contributed by atoms with E-state index in [2.05, 4.69) is 95.9 Å². The van der Waals surface area contributed by atoms with E-state index in [-0.39, 0.29) is 6.10 Å². The maximum atomic E-state index is 6.49. The van der Waals surface area contributed by atoms with Crippen LogP contribution in [0.2, 0.25) is 0 Å². The molecule has 1 saturated heterocycles. The van der Waals surface area contributed by atoms with Crippen molar-refractivity contribution in [2.75, 3.05) is 19.7 Å². The minimum Gasteiger partial charge on any atom is -0.368 e. The molecule has 0 atom stereocenters. The first-order valence-electron chi connectivity index (χ1n) is 13.4. The molecule has 0 radical (unpaired) electrons. The summed E-state index contributed by atoms with van der Waals surface area (Å²) in [6, 6.07) is 32.0. The third-order valence-corrected chi connectivity index (χ3v) is 5.66. The molecule has 1 aliphatic rings. The molecule has 0 spiro atoms. The minimum absolute atomic E-state index is 0.0183. The van der Waals surface area contributed by atoms with Crippen molar-refractivity contribution in [1.82, 2.24) is 4.90 Å². The lowest BCUT2D eigenvalue weighted by molar-refractivity contribution is 0.0300. The van der Waals surface area contributed by atoms with Crippen LogP contribution in [0.25, 0.3) is 0 Å². The van der Waals surface area contributed by atoms with Crippen molar-refractivity contribution in [1.29, 1.82) is 0 Å². The molecule has 0 N–H and O–H groups in total. The third-order valence-electron chi connectivity index (χ3n) is 5.66. The molecule has 3 aromatic carbocycles. The highest BCUT2D eigenvalue weighted by Gasteiger charge is 2.22. The number of benzene rings is 3. The lowest BCUT2D eigenvalue weighted by Gasteiger charge is -2.32. The summed E-state index contributed by atoms with van der Waals surface area (Å²) < 4.78 is 6.49. The van der Waals surface area contributed by atoms with E-state index in [9.17, 15) is 0 Å². The summed E-state index contributed by atoms with van der Waals surface area (Å²) in [6.07, 6.45) is 2.44. The minimum atomic E-state index is 0.0183. The fourth-order valence-corrected chi connectivity index (χ4v) is 4.03. The van der Waals surface area contributed by atoms with Crippen molar-refractivity contribution in [2.24, 2.45) is 5.92 Å². The normalized spacial score (nSPS) is 13.5. The number of hydrogen-bond donors (Lipinski definition) is 0. The van der Waals surface area contributed by atoms with Gasteiger partial charge in [-0.05, 0) is 48.5 Å². The molecule has 1 fully saturated rings. The Bertz CT molecular complexity index is 772. The van der Waals surface area contributed by atoms with E-state index >= 15 is 0 Å². The van der Waals surface area contributed by atoms with E-state index in [1.165, 1.54) is 29.5 Å². The predicted octanol–water partition coefficient (Wildman–Crippen LogP) is 8.78. The zero-order valence-corrected chi connectivity index (χ0v) is 22.4. The number of likely N-dealkylation sites (tertiary alicyclic amines) is 1. The fourth-order valence-electron chi connectivity index (χ4n) is 4.03. The maximum Gasteiger partial charge on any atom is 0.108 e. The molecule has 0 aromatic heterocycles. The first-order valence-corrected chi connectivity index (χ1v) is 13.4. The Kier molecular flexibility index (Phi) is 16.5. The number of nitrogens with zero attached hydrogens (tertiary/aromatic N) is 1. The number of hydrogen-bond acceptors (Lipinski definition) is 2. The molecule has 0 unspecified atom stereocenters. The summed E-state index contributed by atoms with van der Waals surface area (Å²) >= 11 is 0. The van der Waals surface area contributed by atoms with Gasteiger partial charge >= 0.3 is 0 Å². The van der Waals surface area contributed by atoms with E-state index in [1.807, 2.05) is 41.5 Å². The molecule has 34 heavy (non-hydrogen) atoms. The van der Waals surface area contributed by atoms with Gasteiger partial charge < -0.3 is 4.74 Å². The molecule has 1 heterocycles. The first kappa shape index (κ1) is 29.6. The molecule has 186 valence electrons. The van der Waals surface area contributed by atoms with Crippen LogP contribution in [-0.4, -0.2) is 24.6 Å². The average Bonchev–Trinajstić information content (AvgIpc) is 2.95. The SMILES string of the molecule is CC.CC.CC.c1ccc(CN2CCC(COC(c3ccccc3)c3ccccc3)CC2)cc1. The summed E-state index contributed by atoms with van der Waals surface area (Å²) in [4.78, 5) is 2.57. The zero-order chi connectivity index (χ0) is 25.0. The Morgan fingerprint density at radius 1 is 0.647 bits per heavy atom. The Hall–Kier alpha value is -2.42. The average molecular weight is 462 g/mol. The molecule has 2 nitrogen and oxygen atoms in total. The van der Waals surface area contributed by atoms with E-state index in [1.54, 1.807) is 0 Å². The van der Waals surface area contributed by atoms with Gasteiger partial charge in [-0.15, -0.1) is 0 Å². The van der Waals surface area contributed by atoms with Crippen LogP contribution >= 0.6 is 0 Å². The van der Waals surface area contributed by atoms with Gasteiger partial charge in [-0.2, -0.15) is 0 Å². The van der Waals surface area contributed by atoms with Gasteiger partial charge in [0, 0.05) is 6.54 Å². The lowest BCUT2D eigenvalue weighted by Crippen LogP contribution is -2.34. The van der Waals surface area contributed by atoms with Crippen molar-refractivity contribution in [3.63, 3.8) is 0 Å². The van der Waals surface area contributed by atoms with Crippen molar-refractivity contribution in [3.05, 3.63) is 108 Å². The van der Waals surface area contributed by atoms with Gasteiger partial charge in [-0.25, -0.2) is 0 Å². The van der Waals surface area contributed by atoms with Gasteiger partial charge in [0.1, 0.15) is 6.10 Å². The number of ether oxygens (including phenoxy) is 1. The zero-order valence-electron chi connectivity index (χ0n) is 22.4. The second-order valence-electron chi connectivity index (χ2n) is 7.74. The van der Waals surface area contributed by atoms with Crippen LogP contribution in [0.4, 0.5) is 0 Å². The van der Waals surface area contributed by atoms with Crippen molar-refractivity contribution < 1.29 is 4.74 Å². The van der Waals surface area contributed by atoms with Crippen LogP contribution in [0, 0.1) is 5.92 Å². The van der Waals surface area contributed by atoms with Crippen molar-refractivity contribution >= 4 is 0 Å². The maximum absolute atomic E-state index is 6.49. The molecule has 3 aromatic rings. The van der Waals surface area contributed by atoms with E-state index in [4.69, 9.17) is 4.74 Å². The Balaban J connectivity index is 0.000000894. The number of rotatable bonds is 7. The highest BCUT2D eigenvalue weighted by atomic mass is 16.5. The van der Waals surface area contributed by atoms with Gasteiger partial charge in [0.2, 0.25) is 0 Å². The second-order valence-corrected chi connectivity index (χ2v) is 7.74. The molecule has 0 bridgehead atoms.